The van der Waals surface area contributed by atoms with Crippen LogP contribution < -0.4 is 15.6 Å². The molecule has 0 saturated heterocycles. The molecule has 4 aromatic rings. The number of benzene rings is 1. The van der Waals surface area contributed by atoms with Crippen molar-refractivity contribution in [1.82, 2.24) is 19.9 Å². The number of nitrogens with one attached hydrogen (secondary N) is 2. The van der Waals surface area contributed by atoms with Gasteiger partial charge in [0.1, 0.15) is 11.4 Å². The molecule has 3 aromatic heterocycles. The van der Waals surface area contributed by atoms with E-state index in [1.807, 2.05) is 62.5 Å². The van der Waals surface area contributed by atoms with Crippen LogP contribution in [0, 0.1) is 13.8 Å². The van der Waals surface area contributed by atoms with Gasteiger partial charge in [0.2, 0.25) is 0 Å². The number of aromatic nitrogens is 3. The molecule has 0 fully saturated rings. The Morgan fingerprint density at radius 3 is 2.52 bits per heavy atom. The van der Waals surface area contributed by atoms with Crippen LogP contribution in [0.3, 0.4) is 0 Å². The predicted molar refractivity (Wildman–Crippen MR) is 130 cm³/mol. The summed E-state index contributed by atoms with van der Waals surface area (Å²) in [5.41, 5.74) is 4.82. The van der Waals surface area contributed by atoms with Crippen molar-refractivity contribution in [2.24, 2.45) is 0 Å². The molecule has 0 atom stereocenters. The van der Waals surface area contributed by atoms with Gasteiger partial charge in [0.15, 0.2) is 0 Å². The Bertz CT molecular complexity index is 1380. The molecule has 1 aromatic carbocycles. The largest absolute Gasteiger partial charge is 0.497 e. The van der Waals surface area contributed by atoms with Gasteiger partial charge in [-0.3, -0.25) is 9.59 Å². The van der Waals surface area contributed by atoms with E-state index < -0.39 is 0 Å². The molecule has 0 aliphatic heterocycles. The molecule has 7 heteroatoms. The summed E-state index contributed by atoms with van der Waals surface area (Å²) < 4.78 is 7.38. The minimum Gasteiger partial charge on any atom is -0.497 e. The fraction of sp³-hybridized carbons (Fsp3) is 0.269. The minimum absolute atomic E-state index is 0.126. The first-order valence-electron chi connectivity index (χ1n) is 10.9. The molecule has 0 radical (unpaired) electrons. The van der Waals surface area contributed by atoms with Gasteiger partial charge in [-0.25, -0.2) is 4.98 Å². The Morgan fingerprint density at radius 2 is 1.88 bits per heavy atom. The van der Waals surface area contributed by atoms with E-state index in [1.54, 1.807) is 7.11 Å². The number of pyridine rings is 2. The number of aromatic amines is 1. The van der Waals surface area contributed by atoms with Gasteiger partial charge in [0.05, 0.1) is 18.3 Å². The van der Waals surface area contributed by atoms with Crippen LogP contribution in [0.4, 0.5) is 0 Å². The standard InChI is InChI=1S/C26H28N4O3/c1-15(2)30-11-10-20-23(30)13-22(18-6-8-19(33-5)9-7-18)29-24(20)26(32)27-14-21-16(3)12-17(4)28-25(21)31/h6-13,15H,14H2,1-5H3,(H,27,32)(H,28,31). The third-order valence-electron chi connectivity index (χ3n) is 5.79. The summed E-state index contributed by atoms with van der Waals surface area (Å²) in [6, 6.07) is 13.6. The van der Waals surface area contributed by atoms with E-state index >= 15 is 0 Å². The number of hydrogen-bond donors (Lipinski definition) is 2. The van der Waals surface area contributed by atoms with E-state index in [-0.39, 0.29) is 24.1 Å². The van der Waals surface area contributed by atoms with Crippen LogP contribution in [-0.4, -0.2) is 27.6 Å². The van der Waals surface area contributed by atoms with Crippen molar-refractivity contribution in [3.8, 4) is 17.0 Å². The summed E-state index contributed by atoms with van der Waals surface area (Å²) >= 11 is 0. The molecule has 4 rings (SSSR count). The maximum atomic E-state index is 13.3. The summed E-state index contributed by atoms with van der Waals surface area (Å²) in [6.45, 7) is 8.02. The Morgan fingerprint density at radius 1 is 1.15 bits per heavy atom. The fourth-order valence-corrected chi connectivity index (χ4v) is 4.04. The van der Waals surface area contributed by atoms with E-state index in [2.05, 4.69) is 28.7 Å². The SMILES string of the molecule is COc1ccc(-c2cc3c(ccn3C(C)C)c(C(=O)NCc3c(C)cc(C)[nH]c3=O)n2)cc1. The molecular formula is C26H28N4O3. The zero-order valence-corrected chi connectivity index (χ0v) is 19.5. The summed E-state index contributed by atoms with van der Waals surface area (Å²) in [5, 5.41) is 3.66. The average Bonchev–Trinajstić information content (AvgIpc) is 3.22. The highest BCUT2D eigenvalue weighted by atomic mass is 16.5. The lowest BCUT2D eigenvalue weighted by molar-refractivity contribution is 0.0947. The number of fused-ring (bicyclic) bond motifs is 1. The first kappa shape index (κ1) is 22.3. The number of amides is 1. The number of rotatable bonds is 6. The highest BCUT2D eigenvalue weighted by molar-refractivity contribution is 6.05. The third-order valence-corrected chi connectivity index (χ3v) is 5.79. The van der Waals surface area contributed by atoms with Crippen LogP contribution in [0.1, 0.15) is 47.2 Å². The van der Waals surface area contributed by atoms with Crippen LogP contribution in [0.15, 0.2) is 53.5 Å². The van der Waals surface area contributed by atoms with Crippen molar-refractivity contribution in [3.63, 3.8) is 0 Å². The fourth-order valence-electron chi connectivity index (χ4n) is 4.04. The third kappa shape index (κ3) is 4.39. The van der Waals surface area contributed by atoms with Crippen molar-refractivity contribution in [3.05, 3.63) is 81.5 Å². The number of carbonyl (C=O) groups is 1. The summed E-state index contributed by atoms with van der Waals surface area (Å²) in [4.78, 5) is 33.1. The smallest absolute Gasteiger partial charge is 0.270 e. The predicted octanol–water partition coefficient (Wildman–Crippen LogP) is 4.53. The number of carbonyl (C=O) groups excluding carboxylic acids is 1. The lowest BCUT2D eigenvalue weighted by atomic mass is 10.1. The highest BCUT2D eigenvalue weighted by Crippen LogP contribution is 2.29. The molecular weight excluding hydrogens is 416 g/mol. The van der Waals surface area contributed by atoms with Crippen molar-refractivity contribution in [1.29, 1.82) is 0 Å². The molecule has 33 heavy (non-hydrogen) atoms. The lowest BCUT2D eigenvalue weighted by Crippen LogP contribution is -2.28. The second kappa shape index (κ2) is 8.94. The summed E-state index contributed by atoms with van der Waals surface area (Å²) in [6.07, 6.45) is 1.97. The van der Waals surface area contributed by atoms with Gasteiger partial charge in [-0.2, -0.15) is 0 Å². The lowest BCUT2D eigenvalue weighted by Gasteiger charge is -2.13. The first-order chi connectivity index (χ1) is 15.8. The molecule has 0 unspecified atom stereocenters. The van der Waals surface area contributed by atoms with E-state index in [0.717, 1.165) is 33.5 Å². The molecule has 170 valence electrons. The molecule has 0 aliphatic carbocycles. The zero-order chi connectivity index (χ0) is 23.7. The Labute approximate surface area is 192 Å². The average molecular weight is 445 g/mol. The van der Waals surface area contributed by atoms with Crippen molar-refractivity contribution >= 4 is 16.8 Å². The Kier molecular flexibility index (Phi) is 6.05. The van der Waals surface area contributed by atoms with Crippen LogP contribution >= 0.6 is 0 Å². The maximum absolute atomic E-state index is 13.3. The molecule has 3 heterocycles. The molecule has 2 N–H and O–H groups in total. The topological polar surface area (TPSA) is 89.0 Å². The van der Waals surface area contributed by atoms with Gasteiger partial charge in [0.25, 0.3) is 11.5 Å². The van der Waals surface area contributed by atoms with Crippen molar-refractivity contribution in [2.45, 2.75) is 40.3 Å². The number of nitrogens with zero attached hydrogens (tertiary/aromatic N) is 2. The number of hydrogen-bond acceptors (Lipinski definition) is 4. The van der Waals surface area contributed by atoms with Gasteiger partial charge in [-0.15, -0.1) is 0 Å². The molecule has 0 spiro atoms. The van der Waals surface area contributed by atoms with Crippen molar-refractivity contribution in [2.75, 3.05) is 7.11 Å². The van der Waals surface area contributed by atoms with Crippen LogP contribution in [-0.2, 0) is 6.54 Å². The molecule has 0 saturated carbocycles. The number of H-pyrrole nitrogens is 1. The second-order valence-electron chi connectivity index (χ2n) is 8.46. The van der Waals surface area contributed by atoms with Crippen LogP contribution in [0.2, 0.25) is 0 Å². The molecule has 0 bridgehead atoms. The van der Waals surface area contributed by atoms with E-state index in [9.17, 15) is 9.59 Å². The minimum atomic E-state index is -0.323. The van der Waals surface area contributed by atoms with E-state index in [0.29, 0.717) is 17.0 Å². The molecule has 1 amide bonds. The quantitative estimate of drug-likeness (QED) is 0.457. The zero-order valence-electron chi connectivity index (χ0n) is 19.5. The van der Waals surface area contributed by atoms with Crippen molar-refractivity contribution < 1.29 is 9.53 Å². The molecule has 0 aliphatic rings. The van der Waals surface area contributed by atoms with Gasteiger partial charge >= 0.3 is 0 Å². The van der Waals surface area contributed by atoms with Gasteiger partial charge < -0.3 is 19.6 Å². The molecule has 7 nitrogen and oxygen atoms in total. The van der Waals surface area contributed by atoms with Gasteiger partial charge in [-0.1, -0.05) is 0 Å². The summed E-state index contributed by atoms with van der Waals surface area (Å²) in [7, 11) is 1.62. The van der Waals surface area contributed by atoms with E-state index in [4.69, 9.17) is 9.72 Å². The van der Waals surface area contributed by atoms with Crippen LogP contribution in [0.25, 0.3) is 22.2 Å². The van der Waals surface area contributed by atoms with Crippen LogP contribution in [0.5, 0.6) is 5.75 Å². The second-order valence-corrected chi connectivity index (χ2v) is 8.46. The maximum Gasteiger partial charge on any atom is 0.270 e. The van der Waals surface area contributed by atoms with E-state index in [1.165, 1.54) is 0 Å². The van der Waals surface area contributed by atoms with Gasteiger partial charge in [0, 0.05) is 41.0 Å². The first-order valence-corrected chi connectivity index (χ1v) is 10.9. The Balaban J connectivity index is 1.75. The normalized spacial score (nSPS) is 11.2. The number of ether oxygens (including phenoxy) is 1. The summed E-state index contributed by atoms with van der Waals surface area (Å²) in [5.74, 6) is 0.429. The number of aryl methyl sites for hydroxylation is 2. The Hall–Kier alpha value is -3.87. The monoisotopic (exact) mass is 444 g/mol. The highest BCUT2D eigenvalue weighted by Gasteiger charge is 2.19. The number of methoxy groups -OCH3 is 1. The van der Waals surface area contributed by atoms with Gasteiger partial charge in [-0.05, 0) is 75.7 Å².